The summed E-state index contributed by atoms with van der Waals surface area (Å²) < 4.78 is 13.7. The van der Waals surface area contributed by atoms with E-state index >= 15 is 0 Å². The molecule has 4 nitrogen and oxygen atoms in total. The number of nitrogens with one attached hydrogen (secondary N) is 1. The molecule has 1 aromatic heterocycles. The Morgan fingerprint density at radius 3 is 2.80 bits per heavy atom. The monoisotopic (exact) mass is 294 g/mol. The summed E-state index contributed by atoms with van der Waals surface area (Å²) in [6.45, 7) is 4.68. The molecule has 0 spiro atoms. The maximum Gasteiger partial charge on any atom is 0.178 e. The van der Waals surface area contributed by atoms with Crippen molar-refractivity contribution in [3.8, 4) is 5.75 Å². The molecule has 0 aliphatic heterocycles. The van der Waals surface area contributed by atoms with Crippen LogP contribution >= 0.6 is 12.2 Å². The first-order chi connectivity index (χ1) is 9.76. The molecule has 5 heteroatoms. The van der Waals surface area contributed by atoms with Crippen LogP contribution in [0.3, 0.4) is 0 Å². The smallest absolute Gasteiger partial charge is 0.178 e. The molecule has 0 radical (unpaired) electrons. The molecule has 0 saturated heterocycles. The van der Waals surface area contributed by atoms with Gasteiger partial charge >= 0.3 is 0 Å². The average Bonchev–Trinajstić information content (AvgIpc) is 2.77. The molecule has 0 atom stereocenters. The number of ether oxygens (including phenoxy) is 2. The molecule has 20 heavy (non-hydrogen) atoms. The first kappa shape index (κ1) is 15.1. The highest BCUT2D eigenvalue weighted by atomic mass is 32.1. The number of methoxy groups -OCH3 is 1. The number of rotatable bonds is 8. The molecule has 0 amide bonds. The van der Waals surface area contributed by atoms with E-state index in [0.717, 1.165) is 54.2 Å². The lowest BCUT2D eigenvalue weighted by Crippen LogP contribution is -2.03. The zero-order valence-electron chi connectivity index (χ0n) is 12.1. The van der Waals surface area contributed by atoms with Gasteiger partial charge in [-0.1, -0.05) is 13.3 Å². The number of aromatic amines is 1. The molecule has 0 saturated carbocycles. The molecule has 0 aliphatic carbocycles. The summed E-state index contributed by atoms with van der Waals surface area (Å²) in [6, 6.07) is 5.97. The van der Waals surface area contributed by atoms with E-state index in [1.165, 1.54) is 6.42 Å². The molecule has 2 rings (SSSR count). The van der Waals surface area contributed by atoms with Gasteiger partial charge in [0.05, 0.1) is 18.1 Å². The van der Waals surface area contributed by atoms with Crippen LogP contribution in [0.1, 0.15) is 26.2 Å². The highest BCUT2D eigenvalue weighted by Crippen LogP contribution is 2.20. The standard InChI is InChI=1S/C15H22N2O2S/c1-3-4-9-19-10-5-8-17-14-7-6-12(18-2)11-13(14)16-15(17)20/h6-7,11H,3-5,8-10H2,1-2H3,(H,16,20). The van der Waals surface area contributed by atoms with Crippen LogP contribution in [0.2, 0.25) is 0 Å². The predicted octanol–water partition coefficient (Wildman–Crippen LogP) is 3.91. The quantitative estimate of drug-likeness (QED) is 0.592. The number of benzene rings is 1. The Kier molecular flexibility index (Phi) is 5.61. The van der Waals surface area contributed by atoms with Crippen LogP contribution in [-0.4, -0.2) is 29.9 Å². The highest BCUT2D eigenvalue weighted by Gasteiger charge is 2.05. The molecule has 1 N–H and O–H groups in total. The van der Waals surface area contributed by atoms with E-state index in [2.05, 4.69) is 16.5 Å². The normalized spacial score (nSPS) is 11.1. The van der Waals surface area contributed by atoms with Gasteiger partial charge in [0.2, 0.25) is 0 Å². The van der Waals surface area contributed by atoms with E-state index in [-0.39, 0.29) is 0 Å². The van der Waals surface area contributed by atoms with Crippen LogP contribution in [0.15, 0.2) is 18.2 Å². The van der Waals surface area contributed by atoms with Crippen LogP contribution < -0.4 is 4.74 Å². The van der Waals surface area contributed by atoms with E-state index in [1.807, 2.05) is 18.2 Å². The SMILES string of the molecule is CCCCOCCCn1c(=S)[nH]c2cc(OC)ccc21. The lowest BCUT2D eigenvalue weighted by atomic mass is 10.3. The van der Waals surface area contributed by atoms with Crippen molar-refractivity contribution in [2.45, 2.75) is 32.7 Å². The van der Waals surface area contributed by atoms with Crippen molar-refractivity contribution >= 4 is 23.3 Å². The van der Waals surface area contributed by atoms with E-state index in [9.17, 15) is 0 Å². The molecule has 2 aromatic rings. The van der Waals surface area contributed by atoms with Gasteiger partial charge in [-0.2, -0.15) is 0 Å². The summed E-state index contributed by atoms with van der Waals surface area (Å²) >= 11 is 5.38. The van der Waals surface area contributed by atoms with Gasteiger partial charge in [0.25, 0.3) is 0 Å². The number of fused-ring (bicyclic) bond motifs is 1. The summed E-state index contributed by atoms with van der Waals surface area (Å²) in [4.78, 5) is 3.22. The van der Waals surface area contributed by atoms with Crippen molar-refractivity contribution in [1.82, 2.24) is 9.55 Å². The molecule has 0 aliphatic rings. The van der Waals surface area contributed by atoms with Crippen molar-refractivity contribution in [3.05, 3.63) is 23.0 Å². The molecule has 0 fully saturated rings. The van der Waals surface area contributed by atoms with E-state index in [4.69, 9.17) is 21.7 Å². The number of hydrogen-bond acceptors (Lipinski definition) is 3. The van der Waals surface area contributed by atoms with E-state index in [1.54, 1.807) is 7.11 Å². The summed E-state index contributed by atoms with van der Waals surface area (Å²) in [6.07, 6.45) is 3.28. The predicted molar refractivity (Wildman–Crippen MR) is 84.0 cm³/mol. The molecule has 1 heterocycles. The van der Waals surface area contributed by atoms with Gasteiger partial charge in [-0.3, -0.25) is 0 Å². The fourth-order valence-electron chi connectivity index (χ4n) is 2.16. The maximum atomic E-state index is 5.58. The molecular formula is C15H22N2O2S. The number of unbranched alkanes of at least 4 members (excludes halogenated alkanes) is 1. The minimum Gasteiger partial charge on any atom is -0.497 e. The number of nitrogens with zero attached hydrogens (tertiary/aromatic N) is 1. The summed E-state index contributed by atoms with van der Waals surface area (Å²) in [5.41, 5.74) is 2.13. The molecule has 110 valence electrons. The molecular weight excluding hydrogens is 272 g/mol. The largest absolute Gasteiger partial charge is 0.497 e. The minimum atomic E-state index is 0.752. The lowest BCUT2D eigenvalue weighted by Gasteiger charge is -2.06. The fourth-order valence-corrected chi connectivity index (χ4v) is 2.46. The number of aromatic nitrogens is 2. The van der Waals surface area contributed by atoms with Gasteiger partial charge in [0.1, 0.15) is 5.75 Å². The fraction of sp³-hybridized carbons (Fsp3) is 0.533. The summed E-state index contributed by atoms with van der Waals surface area (Å²) in [7, 11) is 1.67. The maximum absolute atomic E-state index is 5.58. The number of H-pyrrole nitrogens is 1. The zero-order valence-corrected chi connectivity index (χ0v) is 13.0. The molecule has 1 aromatic carbocycles. The average molecular weight is 294 g/mol. The summed E-state index contributed by atoms with van der Waals surface area (Å²) in [5.74, 6) is 0.837. The highest BCUT2D eigenvalue weighted by molar-refractivity contribution is 7.71. The topological polar surface area (TPSA) is 39.2 Å². The third-order valence-corrected chi connectivity index (χ3v) is 3.62. The van der Waals surface area contributed by atoms with Gasteiger partial charge in [0.15, 0.2) is 4.77 Å². The van der Waals surface area contributed by atoms with Crippen molar-refractivity contribution in [1.29, 1.82) is 0 Å². The third kappa shape index (κ3) is 3.61. The number of aryl methyl sites for hydroxylation is 1. The van der Waals surface area contributed by atoms with Crippen molar-refractivity contribution < 1.29 is 9.47 Å². The van der Waals surface area contributed by atoms with Gasteiger partial charge in [-0.15, -0.1) is 0 Å². The second kappa shape index (κ2) is 7.45. The first-order valence-electron chi connectivity index (χ1n) is 7.10. The van der Waals surface area contributed by atoms with Gasteiger partial charge in [-0.25, -0.2) is 0 Å². The Morgan fingerprint density at radius 1 is 1.25 bits per heavy atom. The zero-order chi connectivity index (χ0) is 14.4. The molecule has 0 bridgehead atoms. The Balaban J connectivity index is 1.99. The van der Waals surface area contributed by atoms with Crippen LogP contribution in [0.5, 0.6) is 5.75 Å². The van der Waals surface area contributed by atoms with Crippen molar-refractivity contribution in [2.75, 3.05) is 20.3 Å². The van der Waals surface area contributed by atoms with Gasteiger partial charge in [0, 0.05) is 25.8 Å². The van der Waals surface area contributed by atoms with E-state index in [0.29, 0.717) is 0 Å². The van der Waals surface area contributed by atoms with Crippen LogP contribution in [0.25, 0.3) is 11.0 Å². The number of hydrogen-bond donors (Lipinski definition) is 1. The van der Waals surface area contributed by atoms with Crippen LogP contribution in [0.4, 0.5) is 0 Å². The molecule has 0 unspecified atom stereocenters. The van der Waals surface area contributed by atoms with Crippen molar-refractivity contribution in [3.63, 3.8) is 0 Å². The lowest BCUT2D eigenvalue weighted by molar-refractivity contribution is 0.126. The minimum absolute atomic E-state index is 0.752. The number of imidazole rings is 1. The Hall–Kier alpha value is -1.33. The van der Waals surface area contributed by atoms with Gasteiger partial charge in [-0.05, 0) is 37.2 Å². The Morgan fingerprint density at radius 2 is 2.05 bits per heavy atom. The first-order valence-corrected chi connectivity index (χ1v) is 7.51. The third-order valence-electron chi connectivity index (χ3n) is 3.29. The van der Waals surface area contributed by atoms with Crippen LogP contribution in [0, 0.1) is 4.77 Å². The Bertz CT molecular complexity index is 603. The van der Waals surface area contributed by atoms with Gasteiger partial charge < -0.3 is 19.0 Å². The second-order valence-corrected chi connectivity index (χ2v) is 5.17. The van der Waals surface area contributed by atoms with Crippen LogP contribution in [-0.2, 0) is 11.3 Å². The van der Waals surface area contributed by atoms with Crippen molar-refractivity contribution in [2.24, 2.45) is 0 Å². The Labute approximate surface area is 124 Å². The second-order valence-electron chi connectivity index (χ2n) is 4.78. The van der Waals surface area contributed by atoms with E-state index < -0.39 is 0 Å². The summed E-state index contributed by atoms with van der Waals surface area (Å²) in [5, 5.41) is 0.